The minimum Gasteiger partial charge on any atom is -0.329 e. The lowest BCUT2D eigenvalue weighted by Gasteiger charge is -2.16. The number of carbonyl (C=O) groups excluding carboxylic acids is 1. The van der Waals surface area contributed by atoms with Crippen molar-refractivity contribution in [1.29, 1.82) is 0 Å². The van der Waals surface area contributed by atoms with E-state index in [0.717, 1.165) is 38.5 Å². The van der Waals surface area contributed by atoms with Crippen molar-refractivity contribution in [2.75, 3.05) is 26.2 Å². The van der Waals surface area contributed by atoms with Crippen molar-refractivity contribution >= 4 is 17.4 Å². The number of hydrogen-bond donors (Lipinski definition) is 2. The second kappa shape index (κ2) is 5.28. The van der Waals surface area contributed by atoms with Gasteiger partial charge in [0.1, 0.15) is 0 Å². The number of urea groups is 1. The van der Waals surface area contributed by atoms with Crippen LogP contribution in [-0.2, 0) is 0 Å². The Morgan fingerprint density at radius 2 is 2.44 bits per heavy atom. The molecule has 2 saturated heterocycles. The van der Waals surface area contributed by atoms with E-state index in [9.17, 15) is 4.79 Å². The van der Waals surface area contributed by atoms with E-state index in [1.807, 2.05) is 11.0 Å². The lowest BCUT2D eigenvalue weighted by Crippen LogP contribution is -2.30. The molecular weight excluding hydrogens is 246 g/mol. The van der Waals surface area contributed by atoms with Gasteiger partial charge in [-0.2, -0.15) is 0 Å². The van der Waals surface area contributed by atoms with Gasteiger partial charge in [0, 0.05) is 18.0 Å². The topological polar surface area (TPSA) is 44.4 Å². The zero-order valence-corrected chi connectivity index (χ0v) is 11.2. The minimum atomic E-state index is 0.0966. The smallest absolute Gasteiger partial charge is 0.318 e. The monoisotopic (exact) mass is 265 g/mol. The Labute approximate surface area is 111 Å². The fourth-order valence-corrected chi connectivity index (χ4v) is 3.50. The van der Waals surface area contributed by atoms with E-state index in [0.29, 0.717) is 0 Å². The van der Waals surface area contributed by atoms with Crippen LogP contribution in [0.5, 0.6) is 0 Å². The van der Waals surface area contributed by atoms with Crippen molar-refractivity contribution < 1.29 is 4.79 Å². The first-order valence-electron chi connectivity index (χ1n) is 6.62. The van der Waals surface area contributed by atoms with Crippen molar-refractivity contribution in [1.82, 2.24) is 15.5 Å². The largest absolute Gasteiger partial charge is 0.329 e. The summed E-state index contributed by atoms with van der Waals surface area (Å²) in [6.45, 7) is 3.96. The van der Waals surface area contributed by atoms with E-state index in [4.69, 9.17) is 0 Å². The van der Waals surface area contributed by atoms with Crippen molar-refractivity contribution in [3.63, 3.8) is 0 Å². The van der Waals surface area contributed by atoms with Crippen LogP contribution in [0.2, 0.25) is 0 Å². The van der Waals surface area contributed by atoms with Crippen LogP contribution in [0.1, 0.15) is 23.8 Å². The predicted molar refractivity (Wildman–Crippen MR) is 72.8 cm³/mol. The van der Waals surface area contributed by atoms with E-state index in [-0.39, 0.29) is 12.1 Å². The molecule has 0 aliphatic carbocycles. The van der Waals surface area contributed by atoms with Crippen molar-refractivity contribution in [2.24, 2.45) is 5.92 Å². The molecule has 4 nitrogen and oxygen atoms in total. The number of hydrogen-bond acceptors (Lipinski definition) is 3. The maximum atomic E-state index is 11.9. The molecule has 2 unspecified atom stereocenters. The van der Waals surface area contributed by atoms with Crippen molar-refractivity contribution in [3.8, 4) is 0 Å². The average molecular weight is 265 g/mol. The number of amides is 2. The Morgan fingerprint density at radius 3 is 3.17 bits per heavy atom. The Balaban J connectivity index is 1.52. The van der Waals surface area contributed by atoms with Crippen LogP contribution in [-0.4, -0.2) is 37.1 Å². The fraction of sp³-hybridized carbons (Fsp3) is 0.615. The van der Waals surface area contributed by atoms with E-state index in [2.05, 4.69) is 22.1 Å². The Kier molecular flexibility index (Phi) is 3.52. The standard InChI is InChI=1S/C13H19N3OS/c17-13-15-11(12-2-1-7-18-12)9-16(13)6-4-10-3-5-14-8-10/h1-2,7,10-11,14H,3-6,8-9H2,(H,15,17). The molecule has 1 aromatic heterocycles. The molecule has 0 saturated carbocycles. The van der Waals surface area contributed by atoms with E-state index < -0.39 is 0 Å². The molecule has 2 aliphatic heterocycles. The Bertz CT molecular complexity index is 400. The van der Waals surface area contributed by atoms with Gasteiger partial charge in [-0.1, -0.05) is 6.07 Å². The van der Waals surface area contributed by atoms with Gasteiger partial charge in [0.2, 0.25) is 0 Å². The summed E-state index contributed by atoms with van der Waals surface area (Å²) in [7, 11) is 0. The Morgan fingerprint density at radius 1 is 1.50 bits per heavy atom. The molecule has 0 bridgehead atoms. The number of nitrogens with zero attached hydrogens (tertiary/aromatic N) is 1. The zero-order chi connectivity index (χ0) is 12.4. The van der Waals surface area contributed by atoms with Crippen LogP contribution in [0.15, 0.2) is 17.5 Å². The molecule has 18 heavy (non-hydrogen) atoms. The van der Waals surface area contributed by atoms with Gasteiger partial charge >= 0.3 is 6.03 Å². The fourth-order valence-electron chi connectivity index (χ4n) is 2.73. The molecule has 2 amide bonds. The molecule has 5 heteroatoms. The van der Waals surface area contributed by atoms with Gasteiger partial charge in [0.05, 0.1) is 6.04 Å². The third-order valence-electron chi connectivity index (χ3n) is 3.84. The first-order valence-corrected chi connectivity index (χ1v) is 7.50. The molecule has 0 aromatic carbocycles. The number of rotatable bonds is 4. The third-order valence-corrected chi connectivity index (χ3v) is 4.83. The lowest BCUT2D eigenvalue weighted by molar-refractivity contribution is 0.214. The van der Waals surface area contributed by atoms with E-state index >= 15 is 0 Å². The maximum absolute atomic E-state index is 11.9. The van der Waals surface area contributed by atoms with Gasteiger partial charge in [0.25, 0.3) is 0 Å². The van der Waals surface area contributed by atoms with Gasteiger partial charge in [-0.3, -0.25) is 0 Å². The first-order chi connectivity index (χ1) is 8.83. The number of carbonyl (C=O) groups is 1. The van der Waals surface area contributed by atoms with Gasteiger partial charge in [-0.25, -0.2) is 4.79 Å². The summed E-state index contributed by atoms with van der Waals surface area (Å²) in [4.78, 5) is 15.1. The van der Waals surface area contributed by atoms with Crippen LogP contribution in [0.25, 0.3) is 0 Å². The molecule has 3 rings (SSSR count). The summed E-state index contributed by atoms with van der Waals surface area (Å²) >= 11 is 1.72. The SMILES string of the molecule is O=C1NC(c2cccs2)CN1CCC1CCNC1. The molecule has 0 spiro atoms. The van der Waals surface area contributed by atoms with Crippen molar-refractivity contribution in [2.45, 2.75) is 18.9 Å². The van der Waals surface area contributed by atoms with Crippen molar-refractivity contribution in [3.05, 3.63) is 22.4 Å². The quantitative estimate of drug-likeness (QED) is 0.872. The normalized spacial score (nSPS) is 27.8. The summed E-state index contributed by atoms with van der Waals surface area (Å²) in [5.41, 5.74) is 0. The van der Waals surface area contributed by atoms with Crippen LogP contribution >= 0.6 is 11.3 Å². The molecule has 2 N–H and O–H groups in total. The van der Waals surface area contributed by atoms with E-state index in [1.54, 1.807) is 11.3 Å². The zero-order valence-electron chi connectivity index (χ0n) is 10.4. The highest BCUT2D eigenvalue weighted by Crippen LogP contribution is 2.25. The first kappa shape index (κ1) is 12.0. The predicted octanol–water partition coefficient (Wildman–Crippen LogP) is 1.81. The van der Waals surface area contributed by atoms with Crippen LogP contribution in [0.4, 0.5) is 4.79 Å². The molecule has 1 aromatic rings. The average Bonchev–Trinajstić information content (AvgIpc) is 3.09. The lowest BCUT2D eigenvalue weighted by atomic mass is 10.1. The van der Waals surface area contributed by atoms with Gasteiger partial charge < -0.3 is 15.5 Å². The van der Waals surface area contributed by atoms with E-state index in [1.165, 1.54) is 11.3 Å². The molecule has 2 aliphatic rings. The van der Waals surface area contributed by atoms with Crippen LogP contribution in [0, 0.1) is 5.92 Å². The third kappa shape index (κ3) is 2.52. The second-order valence-corrected chi connectivity index (χ2v) is 6.09. The summed E-state index contributed by atoms with van der Waals surface area (Å²) in [6, 6.07) is 4.43. The summed E-state index contributed by atoms with van der Waals surface area (Å²) in [6.07, 6.45) is 2.38. The van der Waals surface area contributed by atoms with Gasteiger partial charge in [-0.05, 0) is 43.3 Å². The molecule has 98 valence electrons. The highest BCUT2D eigenvalue weighted by molar-refractivity contribution is 7.10. The molecule has 3 heterocycles. The van der Waals surface area contributed by atoms with Gasteiger partial charge in [0.15, 0.2) is 0 Å². The molecule has 2 fully saturated rings. The number of nitrogens with one attached hydrogen (secondary N) is 2. The molecule has 2 atom stereocenters. The summed E-state index contributed by atoms with van der Waals surface area (Å²) in [5.74, 6) is 0.749. The highest BCUT2D eigenvalue weighted by Gasteiger charge is 2.30. The molecule has 0 radical (unpaired) electrons. The van der Waals surface area contributed by atoms with Crippen LogP contribution < -0.4 is 10.6 Å². The summed E-state index contributed by atoms with van der Waals surface area (Å²) in [5, 5.41) is 8.50. The van der Waals surface area contributed by atoms with Gasteiger partial charge in [-0.15, -0.1) is 11.3 Å². The molecular formula is C13H19N3OS. The minimum absolute atomic E-state index is 0.0966. The Hall–Kier alpha value is -1.07. The second-order valence-electron chi connectivity index (χ2n) is 5.11. The maximum Gasteiger partial charge on any atom is 0.318 e. The van der Waals surface area contributed by atoms with Crippen LogP contribution in [0.3, 0.4) is 0 Å². The number of thiophene rings is 1. The summed E-state index contributed by atoms with van der Waals surface area (Å²) < 4.78 is 0. The highest BCUT2D eigenvalue weighted by atomic mass is 32.1.